The lowest BCUT2D eigenvalue weighted by molar-refractivity contribution is 0.0965. The lowest BCUT2D eigenvalue weighted by Crippen LogP contribution is -2.43. The number of aromatic amines is 1. The standard InChI is InChI=1S/C19H17BrClFN4O2/c1-26-6-4-10(5-7-26)23-14-13(21)17(27)15-16(18(14)28)25-19(24-15)9-2-3-11(20)12(22)8-9/h2-3,8,10,23H,4-7H2,1H3,(H,24,25). The minimum Gasteiger partial charge on any atom is -0.378 e. The molecule has 0 saturated carbocycles. The molecule has 9 heteroatoms. The zero-order valence-electron chi connectivity index (χ0n) is 15.0. The molecular formula is C19H17BrClFN4O2. The number of ketones is 2. The number of hydrogen-bond donors (Lipinski definition) is 2. The van der Waals surface area contributed by atoms with Gasteiger partial charge in [0.05, 0.1) is 4.47 Å². The fourth-order valence-corrected chi connectivity index (χ4v) is 3.89. The normalized spacial score (nSPS) is 18.6. The molecule has 1 aromatic carbocycles. The molecule has 1 aliphatic carbocycles. The van der Waals surface area contributed by atoms with Crippen molar-refractivity contribution in [2.45, 2.75) is 18.9 Å². The maximum atomic E-state index is 13.8. The third-order valence-electron chi connectivity index (χ3n) is 5.05. The molecular weight excluding hydrogens is 451 g/mol. The topological polar surface area (TPSA) is 78.1 Å². The molecule has 2 heterocycles. The summed E-state index contributed by atoms with van der Waals surface area (Å²) >= 11 is 9.32. The molecule has 146 valence electrons. The van der Waals surface area contributed by atoms with Crippen molar-refractivity contribution in [3.05, 3.63) is 50.6 Å². The number of nitrogens with zero attached hydrogens (tertiary/aromatic N) is 2. The van der Waals surface area contributed by atoms with E-state index in [2.05, 4.69) is 36.1 Å². The molecule has 0 unspecified atom stereocenters. The van der Waals surface area contributed by atoms with Gasteiger partial charge < -0.3 is 15.2 Å². The smallest absolute Gasteiger partial charge is 0.231 e. The first-order chi connectivity index (χ1) is 13.3. The SMILES string of the molecule is CN1CCC(NC2=C(Cl)C(=O)c3[nH]c(-c4ccc(Br)c(F)c4)nc3C2=O)CC1. The van der Waals surface area contributed by atoms with Gasteiger partial charge in [-0.2, -0.15) is 0 Å². The summed E-state index contributed by atoms with van der Waals surface area (Å²) in [6.07, 6.45) is 1.70. The Morgan fingerprint density at radius 1 is 1.29 bits per heavy atom. The molecule has 1 aliphatic heterocycles. The highest BCUT2D eigenvalue weighted by atomic mass is 79.9. The number of hydrogen-bond acceptors (Lipinski definition) is 5. The highest BCUT2D eigenvalue weighted by molar-refractivity contribution is 9.10. The van der Waals surface area contributed by atoms with Gasteiger partial charge in [0.2, 0.25) is 11.6 Å². The van der Waals surface area contributed by atoms with Crippen LogP contribution in [0.4, 0.5) is 4.39 Å². The van der Waals surface area contributed by atoms with E-state index < -0.39 is 17.4 Å². The summed E-state index contributed by atoms with van der Waals surface area (Å²) in [4.78, 5) is 34.9. The summed E-state index contributed by atoms with van der Waals surface area (Å²) in [5.74, 6) is -1.16. The van der Waals surface area contributed by atoms with Crippen LogP contribution in [0.5, 0.6) is 0 Å². The Bertz CT molecular complexity index is 1010. The molecule has 2 aliphatic rings. The number of carbonyl (C=O) groups is 2. The van der Waals surface area contributed by atoms with Crippen molar-refractivity contribution in [2.75, 3.05) is 20.1 Å². The number of aromatic nitrogens is 2. The van der Waals surface area contributed by atoms with Crippen molar-refractivity contribution >= 4 is 39.1 Å². The van der Waals surface area contributed by atoms with Crippen LogP contribution in [0.3, 0.4) is 0 Å². The molecule has 0 amide bonds. The van der Waals surface area contributed by atoms with Crippen LogP contribution in [0.15, 0.2) is 33.4 Å². The summed E-state index contributed by atoms with van der Waals surface area (Å²) < 4.78 is 14.2. The van der Waals surface area contributed by atoms with Gasteiger partial charge in [-0.1, -0.05) is 11.6 Å². The average molecular weight is 468 g/mol. The lowest BCUT2D eigenvalue weighted by atomic mass is 9.99. The fraction of sp³-hybridized carbons (Fsp3) is 0.316. The minimum atomic E-state index is -0.497. The average Bonchev–Trinajstić information content (AvgIpc) is 3.13. The summed E-state index contributed by atoms with van der Waals surface area (Å²) in [6.45, 7) is 1.80. The van der Waals surface area contributed by atoms with Gasteiger partial charge in [0.15, 0.2) is 0 Å². The van der Waals surface area contributed by atoms with Crippen molar-refractivity contribution in [3.63, 3.8) is 0 Å². The monoisotopic (exact) mass is 466 g/mol. The molecule has 0 bridgehead atoms. The predicted octanol–water partition coefficient (Wildman–Crippen LogP) is 3.49. The third kappa shape index (κ3) is 3.40. The van der Waals surface area contributed by atoms with Crippen molar-refractivity contribution in [3.8, 4) is 11.4 Å². The number of allylic oxidation sites excluding steroid dienone is 2. The number of fused-ring (bicyclic) bond motifs is 1. The van der Waals surface area contributed by atoms with E-state index in [0.29, 0.717) is 10.0 Å². The van der Waals surface area contributed by atoms with Crippen molar-refractivity contribution in [2.24, 2.45) is 0 Å². The Labute approximate surface area is 174 Å². The van der Waals surface area contributed by atoms with E-state index in [9.17, 15) is 14.0 Å². The molecule has 1 aromatic heterocycles. The number of likely N-dealkylation sites (tertiary alicyclic amines) is 1. The fourth-order valence-electron chi connectivity index (χ4n) is 3.41. The molecule has 0 radical (unpaired) electrons. The third-order valence-corrected chi connectivity index (χ3v) is 6.06. The molecule has 6 nitrogen and oxygen atoms in total. The van der Waals surface area contributed by atoms with Gasteiger partial charge in [-0.05, 0) is 67.1 Å². The highest BCUT2D eigenvalue weighted by Crippen LogP contribution is 2.30. The van der Waals surface area contributed by atoms with Crippen LogP contribution < -0.4 is 5.32 Å². The Hall–Kier alpha value is -2.03. The molecule has 1 saturated heterocycles. The van der Waals surface area contributed by atoms with Crippen molar-refractivity contribution in [1.29, 1.82) is 0 Å². The molecule has 0 atom stereocenters. The first-order valence-electron chi connectivity index (χ1n) is 8.85. The Kier molecular flexibility index (Phi) is 5.11. The number of benzene rings is 1. The van der Waals surface area contributed by atoms with Crippen LogP contribution in [0.25, 0.3) is 11.4 Å². The maximum absolute atomic E-state index is 13.8. The number of rotatable bonds is 3. The van der Waals surface area contributed by atoms with Gasteiger partial charge in [0.1, 0.15) is 33.8 Å². The van der Waals surface area contributed by atoms with E-state index in [1.165, 1.54) is 12.1 Å². The summed E-state index contributed by atoms with van der Waals surface area (Å²) in [5.41, 5.74) is 0.552. The molecule has 2 N–H and O–H groups in total. The summed E-state index contributed by atoms with van der Waals surface area (Å²) in [6, 6.07) is 4.51. The Morgan fingerprint density at radius 3 is 2.68 bits per heavy atom. The zero-order chi connectivity index (χ0) is 20.0. The zero-order valence-corrected chi connectivity index (χ0v) is 17.3. The number of piperidine rings is 1. The second-order valence-corrected chi connectivity index (χ2v) is 8.24. The predicted molar refractivity (Wildman–Crippen MR) is 107 cm³/mol. The van der Waals surface area contributed by atoms with Crippen LogP contribution in [0.1, 0.15) is 33.8 Å². The van der Waals surface area contributed by atoms with Crippen molar-refractivity contribution in [1.82, 2.24) is 20.2 Å². The first-order valence-corrected chi connectivity index (χ1v) is 10.0. The molecule has 28 heavy (non-hydrogen) atoms. The molecule has 0 spiro atoms. The van der Waals surface area contributed by atoms with Gasteiger partial charge in [0.25, 0.3) is 0 Å². The van der Waals surface area contributed by atoms with Crippen LogP contribution in [-0.4, -0.2) is 52.6 Å². The molecule has 2 aromatic rings. The van der Waals surface area contributed by atoms with Crippen LogP contribution in [0.2, 0.25) is 0 Å². The van der Waals surface area contributed by atoms with Crippen LogP contribution in [-0.2, 0) is 0 Å². The van der Waals surface area contributed by atoms with Gasteiger partial charge in [-0.25, -0.2) is 9.37 Å². The minimum absolute atomic E-state index is 0.00292. The van der Waals surface area contributed by atoms with E-state index in [-0.39, 0.29) is 34.0 Å². The lowest BCUT2D eigenvalue weighted by Gasteiger charge is -2.31. The number of imidazole rings is 1. The van der Waals surface area contributed by atoms with Crippen LogP contribution in [0, 0.1) is 5.82 Å². The number of nitrogens with one attached hydrogen (secondary N) is 2. The van der Waals surface area contributed by atoms with Gasteiger partial charge in [-0.3, -0.25) is 9.59 Å². The number of carbonyl (C=O) groups excluding carboxylic acids is 2. The summed E-state index contributed by atoms with van der Waals surface area (Å²) in [7, 11) is 2.04. The van der Waals surface area contributed by atoms with E-state index in [1.54, 1.807) is 6.07 Å². The molecule has 4 rings (SSSR count). The maximum Gasteiger partial charge on any atom is 0.231 e. The number of Topliss-reactive ketones (excluding diaryl/α,β-unsaturated/α-hetero) is 2. The van der Waals surface area contributed by atoms with Gasteiger partial charge in [0, 0.05) is 11.6 Å². The van der Waals surface area contributed by atoms with E-state index in [1.807, 2.05) is 7.05 Å². The second kappa shape index (κ2) is 7.42. The molecule has 1 fully saturated rings. The highest BCUT2D eigenvalue weighted by Gasteiger charge is 2.36. The van der Waals surface area contributed by atoms with E-state index in [4.69, 9.17) is 11.6 Å². The Morgan fingerprint density at radius 2 is 2.00 bits per heavy atom. The van der Waals surface area contributed by atoms with E-state index >= 15 is 0 Å². The first kappa shape index (κ1) is 19.3. The quantitative estimate of drug-likeness (QED) is 0.722. The summed E-state index contributed by atoms with van der Waals surface area (Å²) in [5, 5.41) is 3.00. The van der Waals surface area contributed by atoms with Crippen LogP contribution >= 0.6 is 27.5 Å². The van der Waals surface area contributed by atoms with Gasteiger partial charge >= 0.3 is 0 Å². The van der Waals surface area contributed by atoms with E-state index in [0.717, 1.165) is 25.9 Å². The van der Waals surface area contributed by atoms with Crippen molar-refractivity contribution < 1.29 is 14.0 Å². The second-order valence-electron chi connectivity index (χ2n) is 7.01. The Balaban J connectivity index is 1.64. The van der Waals surface area contributed by atoms with Gasteiger partial charge in [-0.15, -0.1) is 0 Å². The largest absolute Gasteiger partial charge is 0.378 e. The number of H-pyrrole nitrogens is 1. The number of halogens is 3.